The molecule has 9 heteroatoms. The van der Waals surface area contributed by atoms with Crippen molar-refractivity contribution in [1.29, 1.82) is 0 Å². The molecule has 2 N–H and O–H groups in total. The van der Waals surface area contributed by atoms with Crippen LogP contribution in [0.2, 0.25) is 0 Å². The number of nitrogens with one attached hydrogen (secondary N) is 2. The fraction of sp³-hybridized carbons (Fsp3) is 0.235. The van der Waals surface area contributed by atoms with Crippen molar-refractivity contribution in [3.63, 3.8) is 0 Å². The fourth-order valence-electron chi connectivity index (χ4n) is 2.63. The van der Waals surface area contributed by atoms with E-state index in [1.54, 1.807) is 30.3 Å². The molecule has 3 aromatic rings. The lowest BCUT2D eigenvalue weighted by Gasteiger charge is -2.19. The number of ether oxygens (including phenoxy) is 2. The normalized spacial score (nSPS) is 13.6. The highest BCUT2D eigenvalue weighted by molar-refractivity contribution is 7.94. The molecule has 0 amide bonds. The summed E-state index contributed by atoms with van der Waals surface area (Å²) in [6.07, 6.45) is 0. The van der Waals surface area contributed by atoms with E-state index in [9.17, 15) is 8.42 Å². The second kappa shape index (κ2) is 6.33. The first-order valence-corrected chi connectivity index (χ1v) is 10.3. The number of thiophene rings is 1. The summed E-state index contributed by atoms with van der Waals surface area (Å²) in [6.45, 7) is 4.82. The topological polar surface area (TPSA) is 93.3 Å². The number of nitrogens with zero attached hydrogens (tertiary/aromatic N) is 1. The van der Waals surface area contributed by atoms with Gasteiger partial charge in [0, 0.05) is 11.8 Å². The van der Waals surface area contributed by atoms with Crippen molar-refractivity contribution in [3.05, 3.63) is 41.6 Å². The Labute approximate surface area is 155 Å². The minimum Gasteiger partial charge on any atom is -0.486 e. The third kappa shape index (κ3) is 3.04. The van der Waals surface area contributed by atoms with Crippen molar-refractivity contribution >= 4 is 27.0 Å². The molecule has 1 aromatic carbocycles. The standard InChI is InChI=1S/C17H17N3O4S2/c1-10-11(2)18-19-17(10)15-5-6-16(25-15)26(21,22)20-12-3-4-13-14(9-12)24-8-7-23-13/h3-6,9,20H,7-8H2,1-2H3,(H,18,19). The molecule has 0 bridgehead atoms. The lowest BCUT2D eigenvalue weighted by molar-refractivity contribution is 0.171. The summed E-state index contributed by atoms with van der Waals surface area (Å²) >= 11 is 1.18. The molecule has 3 heterocycles. The Morgan fingerprint density at radius 3 is 2.62 bits per heavy atom. The largest absolute Gasteiger partial charge is 0.486 e. The maximum absolute atomic E-state index is 12.7. The molecular formula is C17H17N3O4S2. The number of hydrogen-bond acceptors (Lipinski definition) is 6. The third-order valence-electron chi connectivity index (χ3n) is 4.13. The predicted octanol–water partition coefficient (Wildman–Crippen LogP) is 3.33. The van der Waals surface area contributed by atoms with Gasteiger partial charge in [-0.2, -0.15) is 5.10 Å². The van der Waals surface area contributed by atoms with Gasteiger partial charge in [-0.05, 0) is 43.7 Å². The molecule has 136 valence electrons. The minimum atomic E-state index is -3.70. The molecule has 0 spiro atoms. The number of hydrogen-bond donors (Lipinski definition) is 2. The molecule has 0 atom stereocenters. The van der Waals surface area contributed by atoms with Gasteiger partial charge in [-0.1, -0.05) is 0 Å². The number of H-pyrrole nitrogens is 1. The predicted molar refractivity (Wildman–Crippen MR) is 99.6 cm³/mol. The summed E-state index contributed by atoms with van der Waals surface area (Å²) in [5, 5.41) is 7.17. The summed E-state index contributed by atoms with van der Waals surface area (Å²) < 4.78 is 39.2. The molecule has 0 radical (unpaired) electrons. The van der Waals surface area contributed by atoms with Gasteiger partial charge in [-0.25, -0.2) is 8.42 Å². The van der Waals surface area contributed by atoms with E-state index < -0.39 is 10.0 Å². The molecule has 4 rings (SSSR count). The van der Waals surface area contributed by atoms with E-state index in [0.29, 0.717) is 30.4 Å². The zero-order chi connectivity index (χ0) is 18.3. The first-order valence-electron chi connectivity index (χ1n) is 7.98. The molecular weight excluding hydrogens is 374 g/mol. The van der Waals surface area contributed by atoms with Crippen molar-refractivity contribution in [2.24, 2.45) is 0 Å². The van der Waals surface area contributed by atoms with Gasteiger partial charge in [0.25, 0.3) is 10.0 Å². The molecule has 0 unspecified atom stereocenters. The number of aromatic nitrogens is 2. The van der Waals surface area contributed by atoms with Crippen LogP contribution < -0.4 is 14.2 Å². The Morgan fingerprint density at radius 2 is 1.88 bits per heavy atom. The van der Waals surface area contributed by atoms with Crippen LogP contribution in [-0.4, -0.2) is 31.8 Å². The van der Waals surface area contributed by atoms with Crippen molar-refractivity contribution in [1.82, 2.24) is 10.2 Å². The number of anilines is 1. The summed E-state index contributed by atoms with van der Waals surface area (Å²) in [6, 6.07) is 8.33. The van der Waals surface area contributed by atoms with E-state index in [2.05, 4.69) is 14.9 Å². The van der Waals surface area contributed by atoms with Gasteiger partial charge in [-0.3, -0.25) is 9.82 Å². The monoisotopic (exact) mass is 391 g/mol. The number of aryl methyl sites for hydroxylation is 1. The molecule has 7 nitrogen and oxygen atoms in total. The Morgan fingerprint density at radius 1 is 1.12 bits per heavy atom. The Hall–Kier alpha value is -2.52. The first-order chi connectivity index (χ1) is 12.4. The van der Waals surface area contributed by atoms with Crippen LogP contribution >= 0.6 is 11.3 Å². The van der Waals surface area contributed by atoms with Crippen LogP contribution in [0.5, 0.6) is 11.5 Å². The van der Waals surface area contributed by atoms with E-state index in [4.69, 9.17) is 9.47 Å². The molecule has 2 aromatic heterocycles. The molecule has 0 saturated carbocycles. The highest BCUT2D eigenvalue weighted by atomic mass is 32.2. The Balaban J connectivity index is 1.60. The van der Waals surface area contributed by atoms with E-state index >= 15 is 0 Å². The lowest BCUT2D eigenvalue weighted by Crippen LogP contribution is -2.16. The van der Waals surface area contributed by atoms with Gasteiger partial charge in [0.05, 0.1) is 10.6 Å². The van der Waals surface area contributed by atoms with Crippen LogP contribution in [0.25, 0.3) is 10.6 Å². The average molecular weight is 391 g/mol. The fourth-order valence-corrected chi connectivity index (χ4v) is 5.03. The molecule has 1 aliphatic heterocycles. The third-order valence-corrected chi connectivity index (χ3v) is 7.09. The van der Waals surface area contributed by atoms with Gasteiger partial charge in [0.1, 0.15) is 23.1 Å². The quantitative estimate of drug-likeness (QED) is 0.712. The van der Waals surface area contributed by atoms with E-state index in [-0.39, 0.29) is 4.21 Å². The van der Waals surface area contributed by atoms with Crippen molar-refractivity contribution < 1.29 is 17.9 Å². The molecule has 0 fully saturated rings. The Bertz CT molecular complexity index is 1070. The van der Waals surface area contributed by atoms with Crippen molar-refractivity contribution in [2.45, 2.75) is 18.1 Å². The molecule has 1 aliphatic rings. The number of rotatable bonds is 4. The second-order valence-corrected chi connectivity index (χ2v) is 8.90. The van der Waals surface area contributed by atoms with Crippen LogP contribution in [0.15, 0.2) is 34.5 Å². The van der Waals surface area contributed by atoms with Crippen LogP contribution in [0.1, 0.15) is 11.3 Å². The number of aromatic amines is 1. The summed E-state index contributed by atoms with van der Waals surface area (Å²) in [5.41, 5.74) is 3.17. The lowest BCUT2D eigenvalue weighted by atomic mass is 10.2. The number of fused-ring (bicyclic) bond motifs is 1. The maximum Gasteiger partial charge on any atom is 0.271 e. The van der Waals surface area contributed by atoms with Crippen LogP contribution in [-0.2, 0) is 10.0 Å². The van der Waals surface area contributed by atoms with Gasteiger partial charge < -0.3 is 9.47 Å². The van der Waals surface area contributed by atoms with Crippen LogP contribution in [0.3, 0.4) is 0 Å². The summed E-state index contributed by atoms with van der Waals surface area (Å²) in [7, 11) is -3.70. The summed E-state index contributed by atoms with van der Waals surface area (Å²) in [5.74, 6) is 1.15. The highest BCUT2D eigenvalue weighted by Gasteiger charge is 2.21. The van der Waals surface area contributed by atoms with Gasteiger partial charge in [0.15, 0.2) is 11.5 Å². The van der Waals surface area contributed by atoms with Crippen molar-refractivity contribution in [3.8, 4) is 22.1 Å². The SMILES string of the molecule is Cc1[nH]nc(-c2ccc(S(=O)(=O)Nc3ccc4c(c3)OCCO4)s2)c1C. The van der Waals surface area contributed by atoms with Crippen LogP contribution in [0.4, 0.5) is 5.69 Å². The first kappa shape index (κ1) is 16.9. The van der Waals surface area contributed by atoms with E-state index in [1.807, 2.05) is 13.8 Å². The van der Waals surface area contributed by atoms with Crippen molar-refractivity contribution in [2.75, 3.05) is 17.9 Å². The maximum atomic E-state index is 12.7. The highest BCUT2D eigenvalue weighted by Crippen LogP contribution is 2.35. The van der Waals surface area contributed by atoms with E-state index in [0.717, 1.165) is 21.8 Å². The second-order valence-electron chi connectivity index (χ2n) is 5.90. The van der Waals surface area contributed by atoms with Gasteiger partial charge >= 0.3 is 0 Å². The smallest absolute Gasteiger partial charge is 0.271 e. The zero-order valence-corrected chi connectivity index (χ0v) is 15.8. The molecule has 0 saturated heterocycles. The Kier molecular flexibility index (Phi) is 4.12. The van der Waals surface area contributed by atoms with Gasteiger partial charge in [-0.15, -0.1) is 11.3 Å². The van der Waals surface area contributed by atoms with Crippen LogP contribution in [0, 0.1) is 13.8 Å². The van der Waals surface area contributed by atoms with Gasteiger partial charge in [0.2, 0.25) is 0 Å². The molecule has 0 aliphatic carbocycles. The summed E-state index contributed by atoms with van der Waals surface area (Å²) in [4.78, 5) is 0.800. The zero-order valence-electron chi connectivity index (χ0n) is 14.2. The number of sulfonamides is 1. The number of benzene rings is 1. The van der Waals surface area contributed by atoms with E-state index in [1.165, 1.54) is 11.3 Å². The minimum absolute atomic E-state index is 0.224. The average Bonchev–Trinajstić information content (AvgIpc) is 3.23. The molecule has 26 heavy (non-hydrogen) atoms.